The molecule has 1 aromatic carbocycles. The molecule has 22 heavy (non-hydrogen) atoms. The molecule has 1 amide bonds. The SMILES string of the molecule is CC(=O)CCC(=O)N1CCC[C@H](c2nc3ccccc3s2)C1. The standard InChI is InChI=1S/C17H20N2O2S/c1-12(20)8-9-16(21)19-10-4-5-13(11-19)17-18-14-6-2-3-7-15(14)22-17/h2-3,6-7,13H,4-5,8-11H2,1H3/t13-/m0/s1. The number of aromatic nitrogens is 1. The third-order valence-electron chi connectivity index (χ3n) is 4.12. The van der Waals surface area contributed by atoms with Gasteiger partial charge >= 0.3 is 0 Å². The maximum atomic E-state index is 12.2. The summed E-state index contributed by atoms with van der Waals surface area (Å²) in [5.74, 6) is 0.501. The number of carbonyl (C=O) groups excluding carboxylic acids is 2. The molecule has 0 unspecified atom stereocenters. The zero-order chi connectivity index (χ0) is 15.5. The van der Waals surface area contributed by atoms with Crippen LogP contribution in [0.4, 0.5) is 0 Å². The third kappa shape index (κ3) is 3.35. The van der Waals surface area contributed by atoms with Gasteiger partial charge in [-0.2, -0.15) is 0 Å². The van der Waals surface area contributed by atoms with Crippen molar-refractivity contribution in [3.8, 4) is 0 Å². The Morgan fingerprint density at radius 3 is 2.91 bits per heavy atom. The van der Waals surface area contributed by atoms with Crippen molar-refractivity contribution in [1.82, 2.24) is 9.88 Å². The molecule has 3 rings (SSSR count). The number of hydrogen-bond acceptors (Lipinski definition) is 4. The van der Waals surface area contributed by atoms with Crippen molar-refractivity contribution >= 4 is 33.2 Å². The zero-order valence-corrected chi connectivity index (χ0v) is 13.6. The van der Waals surface area contributed by atoms with Crippen molar-refractivity contribution < 1.29 is 9.59 Å². The molecule has 116 valence electrons. The quantitative estimate of drug-likeness (QED) is 0.869. The second-order valence-corrected chi connectivity index (χ2v) is 6.96. The molecule has 0 aliphatic carbocycles. The minimum atomic E-state index is 0.0769. The summed E-state index contributed by atoms with van der Waals surface area (Å²) in [5, 5.41) is 1.13. The highest BCUT2D eigenvalue weighted by atomic mass is 32.1. The first-order chi connectivity index (χ1) is 10.6. The van der Waals surface area contributed by atoms with Gasteiger partial charge in [0.05, 0.1) is 15.2 Å². The Morgan fingerprint density at radius 2 is 2.14 bits per heavy atom. The minimum Gasteiger partial charge on any atom is -0.342 e. The Labute approximate surface area is 134 Å². The Balaban J connectivity index is 1.69. The van der Waals surface area contributed by atoms with Crippen molar-refractivity contribution in [2.45, 2.75) is 38.5 Å². The van der Waals surface area contributed by atoms with Crippen LogP contribution in [0.2, 0.25) is 0 Å². The number of piperidine rings is 1. The molecular formula is C17H20N2O2S. The number of rotatable bonds is 4. The number of ketones is 1. The molecule has 1 aliphatic rings. The van der Waals surface area contributed by atoms with Gasteiger partial charge < -0.3 is 9.69 Å². The first kappa shape index (κ1) is 15.2. The normalized spacial score (nSPS) is 18.6. The van der Waals surface area contributed by atoms with Crippen LogP contribution in [0.15, 0.2) is 24.3 Å². The fraction of sp³-hybridized carbons (Fsp3) is 0.471. The van der Waals surface area contributed by atoms with Crippen molar-refractivity contribution in [1.29, 1.82) is 0 Å². The average Bonchev–Trinajstić information content (AvgIpc) is 2.96. The Kier molecular flexibility index (Phi) is 4.52. The van der Waals surface area contributed by atoms with E-state index in [1.807, 2.05) is 23.1 Å². The molecule has 2 heterocycles. The number of Topliss-reactive ketones (excluding diaryl/α,β-unsaturated/α-hetero) is 1. The van der Waals surface area contributed by atoms with E-state index in [1.165, 1.54) is 11.6 Å². The highest BCUT2D eigenvalue weighted by Crippen LogP contribution is 2.33. The predicted molar refractivity (Wildman–Crippen MR) is 88.1 cm³/mol. The second kappa shape index (κ2) is 6.57. The summed E-state index contributed by atoms with van der Waals surface area (Å²) in [6.45, 7) is 3.07. The number of nitrogens with zero attached hydrogens (tertiary/aromatic N) is 2. The Morgan fingerprint density at radius 1 is 1.32 bits per heavy atom. The highest BCUT2D eigenvalue weighted by molar-refractivity contribution is 7.18. The molecule has 1 aromatic heterocycles. The first-order valence-electron chi connectivity index (χ1n) is 7.76. The van der Waals surface area contributed by atoms with E-state index in [2.05, 4.69) is 6.07 Å². The molecule has 0 N–H and O–H groups in total. The molecule has 1 saturated heterocycles. The number of carbonyl (C=O) groups is 2. The van der Waals surface area contributed by atoms with Crippen LogP contribution < -0.4 is 0 Å². The number of benzene rings is 1. The zero-order valence-electron chi connectivity index (χ0n) is 12.7. The lowest BCUT2D eigenvalue weighted by Crippen LogP contribution is -2.39. The Hall–Kier alpha value is -1.75. The van der Waals surface area contributed by atoms with Crippen LogP contribution in [0.5, 0.6) is 0 Å². The fourth-order valence-corrected chi connectivity index (χ4v) is 4.00. The first-order valence-corrected chi connectivity index (χ1v) is 8.58. The number of thiazole rings is 1. The van der Waals surface area contributed by atoms with E-state index < -0.39 is 0 Å². The number of fused-ring (bicyclic) bond motifs is 1. The van der Waals surface area contributed by atoms with E-state index in [-0.39, 0.29) is 11.7 Å². The van der Waals surface area contributed by atoms with Gasteiger partial charge in [-0.15, -0.1) is 11.3 Å². The summed E-state index contributed by atoms with van der Waals surface area (Å²) in [6.07, 6.45) is 2.77. The summed E-state index contributed by atoms with van der Waals surface area (Å²) < 4.78 is 1.21. The van der Waals surface area contributed by atoms with Crippen molar-refractivity contribution in [3.05, 3.63) is 29.3 Å². The third-order valence-corrected chi connectivity index (χ3v) is 5.32. The summed E-state index contributed by atoms with van der Waals surface area (Å²) in [5.41, 5.74) is 1.04. The van der Waals surface area contributed by atoms with E-state index >= 15 is 0 Å². The maximum absolute atomic E-state index is 12.2. The smallest absolute Gasteiger partial charge is 0.223 e. The highest BCUT2D eigenvalue weighted by Gasteiger charge is 2.26. The van der Waals surface area contributed by atoms with Gasteiger partial charge in [0.2, 0.25) is 5.91 Å². The van der Waals surface area contributed by atoms with Crippen LogP contribution in [-0.4, -0.2) is 34.7 Å². The monoisotopic (exact) mass is 316 g/mol. The van der Waals surface area contributed by atoms with Crippen LogP contribution in [0.25, 0.3) is 10.2 Å². The van der Waals surface area contributed by atoms with E-state index in [1.54, 1.807) is 11.3 Å². The van der Waals surface area contributed by atoms with Gasteiger partial charge in [0.1, 0.15) is 5.78 Å². The molecule has 2 aromatic rings. The van der Waals surface area contributed by atoms with E-state index in [0.717, 1.165) is 36.5 Å². The van der Waals surface area contributed by atoms with Crippen LogP contribution in [0.1, 0.15) is 43.5 Å². The fourth-order valence-electron chi connectivity index (χ4n) is 2.91. The largest absolute Gasteiger partial charge is 0.342 e. The molecule has 4 nitrogen and oxygen atoms in total. The molecule has 1 atom stereocenters. The predicted octanol–water partition coefficient (Wildman–Crippen LogP) is 3.37. The van der Waals surface area contributed by atoms with Gasteiger partial charge in [0.25, 0.3) is 0 Å². The van der Waals surface area contributed by atoms with Crippen LogP contribution in [0.3, 0.4) is 0 Å². The number of para-hydroxylation sites is 1. The van der Waals surface area contributed by atoms with Gasteiger partial charge in [0, 0.05) is 31.8 Å². The van der Waals surface area contributed by atoms with Crippen molar-refractivity contribution in [2.24, 2.45) is 0 Å². The molecular weight excluding hydrogens is 296 g/mol. The van der Waals surface area contributed by atoms with Crippen LogP contribution in [0, 0.1) is 0 Å². The number of likely N-dealkylation sites (tertiary alicyclic amines) is 1. The van der Waals surface area contributed by atoms with Gasteiger partial charge in [-0.25, -0.2) is 4.98 Å². The lowest BCUT2D eigenvalue weighted by molar-refractivity contribution is -0.134. The molecule has 0 saturated carbocycles. The topological polar surface area (TPSA) is 50.3 Å². The van der Waals surface area contributed by atoms with Gasteiger partial charge in [-0.05, 0) is 31.9 Å². The molecule has 1 fully saturated rings. The van der Waals surface area contributed by atoms with Crippen molar-refractivity contribution in [3.63, 3.8) is 0 Å². The number of amides is 1. The summed E-state index contributed by atoms with van der Waals surface area (Å²) in [6, 6.07) is 8.16. The molecule has 0 spiro atoms. The van der Waals surface area contributed by atoms with E-state index in [4.69, 9.17) is 4.98 Å². The minimum absolute atomic E-state index is 0.0769. The second-order valence-electron chi connectivity index (χ2n) is 5.90. The Bertz CT molecular complexity index is 662. The van der Waals surface area contributed by atoms with Gasteiger partial charge in [-0.3, -0.25) is 4.79 Å². The average molecular weight is 316 g/mol. The van der Waals surface area contributed by atoms with E-state index in [0.29, 0.717) is 18.8 Å². The van der Waals surface area contributed by atoms with Crippen molar-refractivity contribution in [2.75, 3.05) is 13.1 Å². The van der Waals surface area contributed by atoms with Gasteiger partial charge in [0.15, 0.2) is 0 Å². The summed E-state index contributed by atoms with van der Waals surface area (Å²) in [7, 11) is 0. The van der Waals surface area contributed by atoms with E-state index in [9.17, 15) is 9.59 Å². The van der Waals surface area contributed by atoms with Crippen LogP contribution in [-0.2, 0) is 9.59 Å². The lowest BCUT2D eigenvalue weighted by atomic mass is 9.98. The molecule has 0 bridgehead atoms. The molecule has 5 heteroatoms. The van der Waals surface area contributed by atoms with Gasteiger partial charge in [-0.1, -0.05) is 12.1 Å². The maximum Gasteiger partial charge on any atom is 0.223 e. The lowest BCUT2D eigenvalue weighted by Gasteiger charge is -2.31. The van der Waals surface area contributed by atoms with Crippen LogP contribution >= 0.6 is 11.3 Å². The summed E-state index contributed by atoms with van der Waals surface area (Å²) in [4.78, 5) is 29.9. The summed E-state index contributed by atoms with van der Waals surface area (Å²) >= 11 is 1.73. The molecule has 0 radical (unpaired) electrons. The molecule has 1 aliphatic heterocycles. The number of hydrogen-bond donors (Lipinski definition) is 0.